The molecule has 0 fully saturated rings. The smallest absolute Gasteiger partial charge is 0.182 e. The summed E-state index contributed by atoms with van der Waals surface area (Å²) in [5.74, 6) is -0.221. The number of ether oxygens (including phenoxy) is 1. The Bertz CT molecular complexity index is 1610. The van der Waals surface area contributed by atoms with Gasteiger partial charge in [0, 0.05) is 35.0 Å². The van der Waals surface area contributed by atoms with Crippen molar-refractivity contribution < 1.29 is 17.5 Å². The lowest BCUT2D eigenvalue weighted by Crippen LogP contribution is -2.17. The molecule has 0 saturated carbocycles. The van der Waals surface area contributed by atoms with Crippen molar-refractivity contribution in [3.63, 3.8) is 0 Å². The van der Waals surface area contributed by atoms with Crippen LogP contribution < -0.4 is 10.1 Å². The SMILES string of the molecule is CNC(c1ccccc1)c1cnc(-c2cccc(Oc3c(F)cc4[nH]ccc4c3S(C)(=O)=O)c2)[nH]1. The van der Waals surface area contributed by atoms with E-state index in [1.807, 2.05) is 43.4 Å². The lowest BCUT2D eigenvalue weighted by molar-refractivity contribution is 0.430. The molecule has 178 valence electrons. The van der Waals surface area contributed by atoms with Crippen LogP contribution in [0.15, 0.2) is 84.0 Å². The largest absolute Gasteiger partial charge is 0.453 e. The first-order valence-electron chi connectivity index (χ1n) is 10.9. The highest BCUT2D eigenvalue weighted by molar-refractivity contribution is 7.91. The van der Waals surface area contributed by atoms with Crippen LogP contribution in [0.5, 0.6) is 11.5 Å². The molecule has 0 amide bonds. The Labute approximate surface area is 201 Å². The van der Waals surface area contributed by atoms with Crippen molar-refractivity contribution in [2.24, 2.45) is 0 Å². The second-order valence-corrected chi connectivity index (χ2v) is 10.1. The molecule has 0 bridgehead atoms. The van der Waals surface area contributed by atoms with Crippen LogP contribution in [0, 0.1) is 5.82 Å². The summed E-state index contributed by atoms with van der Waals surface area (Å²) in [4.78, 5) is 10.5. The van der Waals surface area contributed by atoms with Crippen molar-refractivity contribution in [2.75, 3.05) is 13.3 Å². The van der Waals surface area contributed by atoms with E-state index in [9.17, 15) is 12.8 Å². The molecule has 3 N–H and O–H groups in total. The van der Waals surface area contributed by atoms with E-state index in [-0.39, 0.29) is 22.4 Å². The molecule has 7 nitrogen and oxygen atoms in total. The third kappa shape index (κ3) is 4.43. The van der Waals surface area contributed by atoms with E-state index < -0.39 is 15.7 Å². The van der Waals surface area contributed by atoms with Gasteiger partial charge < -0.3 is 20.0 Å². The molecule has 5 rings (SSSR count). The van der Waals surface area contributed by atoms with Gasteiger partial charge in [-0.1, -0.05) is 42.5 Å². The number of aromatic amines is 2. The van der Waals surface area contributed by atoms with Gasteiger partial charge in [0.1, 0.15) is 16.5 Å². The summed E-state index contributed by atoms with van der Waals surface area (Å²) in [7, 11) is -1.90. The van der Waals surface area contributed by atoms with E-state index in [2.05, 4.69) is 20.3 Å². The van der Waals surface area contributed by atoms with Gasteiger partial charge in [-0.3, -0.25) is 0 Å². The molecule has 0 saturated heterocycles. The van der Waals surface area contributed by atoms with E-state index in [0.29, 0.717) is 22.3 Å². The Morgan fingerprint density at radius 3 is 2.60 bits per heavy atom. The Morgan fingerprint density at radius 1 is 1.06 bits per heavy atom. The number of halogens is 1. The molecule has 0 aliphatic heterocycles. The summed E-state index contributed by atoms with van der Waals surface area (Å²) in [5, 5.41) is 3.66. The van der Waals surface area contributed by atoms with Crippen molar-refractivity contribution in [1.82, 2.24) is 20.3 Å². The van der Waals surface area contributed by atoms with Gasteiger partial charge in [0.2, 0.25) is 0 Å². The highest BCUT2D eigenvalue weighted by Crippen LogP contribution is 2.38. The molecule has 1 atom stereocenters. The second kappa shape index (κ2) is 9.01. The van der Waals surface area contributed by atoms with Crippen molar-refractivity contribution in [2.45, 2.75) is 10.9 Å². The molecule has 2 heterocycles. The minimum Gasteiger partial charge on any atom is -0.453 e. The van der Waals surface area contributed by atoms with Gasteiger partial charge in [0.05, 0.1) is 17.9 Å². The summed E-state index contributed by atoms with van der Waals surface area (Å²) in [6, 6.07) is 19.6. The Balaban J connectivity index is 1.50. The molecular formula is C26H23FN4O3S. The van der Waals surface area contributed by atoms with Crippen LogP contribution in [-0.2, 0) is 9.84 Å². The van der Waals surface area contributed by atoms with Crippen molar-refractivity contribution >= 4 is 20.7 Å². The summed E-state index contributed by atoms with van der Waals surface area (Å²) < 4.78 is 45.8. The minimum atomic E-state index is -3.78. The summed E-state index contributed by atoms with van der Waals surface area (Å²) >= 11 is 0. The van der Waals surface area contributed by atoms with Crippen LogP contribution in [0.25, 0.3) is 22.3 Å². The molecule has 1 unspecified atom stereocenters. The van der Waals surface area contributed by atoms with Gasteiger partial charge in [0.25, 0.3) is 0 Å². The van der Waals surface area contributed by atoms with Crippen molar-refractivity contribution in [3.05, 3.63) is 96.2 Å². The van der Waals surface area contributed by atoms with E-state index >= 15 is 0 Å². The highest BCUT2D eigenvalue weighted by atomic mass is 32.2. The van der Waals surface area contributed by atoms with E-state index in [1.165, 1.54) is 6.07 Å². The fraction of sp³-hybridized carbons (Fsp3) is 0.115. The number of hydrogen-bond donors (Lipinski definition) is 3. The number of rotatable bonds is 7. The Morgan fingerprint density at radius 2 is 1.86 bits per heavy atom. The molecule has 0 aliphatic rings. The summed E-state index contributed by atoms with van der Waals surface area (Å²) in [6.45, 7) is 0. The zero-order chi connectivity index (χ0) is 24.6. The second-order valence-electron chi connectivity index (χ2n) is 8.18. The predicted molar refractivity (Wildman–Crippen MR) is 133 cm³/mol. The van der Waals surface area contributed by atoms with E-state index in [0.717, 1.165) is 17.5 Å². The number of imidazole rings is 1. The maximum Gasteiger partial charge on any atom is 0.182 e. The molecule has 9 heteroatoms. The van der Waals surface area contributed by atoms with E-state index in [4.69, 9.17) is 4.74 Å². The van der Waals surface area contributed by atoms with Crippen LogP contribution in [-0.4, -0.2) is 36.7 Å². The Hall–Kier alpha value is -3.95. The van der Waals surface area contributed by atoms with Crippen molar-refractivity contribution in [1.29, 1.82) is 0 Å². The number of sulfone groups is 1. The molecular weight excluding hydrogens is 467 g/mol. The number of nitrogens with zero attached hydrogens (tertiary/aromatic N) is 1. The van der Waals surface area contributed by atoms with Gasteiger partial charge in [-0.15, -0.1) is 0 Å². The average Bonchev–Trinajstić information content (AvgIpc) is 3.50. The van der Waals surface area contributed by atoms with E-state index in [1.54, 1.807) is 36.7 Å². The van der Waals surface area contributed by atoms with Crippen LogP contribution in [0.3, 0.4) is 0 Å². The van der Waals surface area contributed by atoms with Crippen LogP contribution in [0.1, 0.15) is 17.3 Å². The third-order valence-corrected chi connectivity index (χ3v) is 6.89. The number of fused-ring (bicyclic) bond motifs is 1. The molecule has 0 spiro atoms. The number of H-pyrrole nitrogens is 2. The quantitative estimate of drug-likeness (QED) is 0.291. The third-order valence-electron chi connectivity index (χ3n) is 5.74. The lowest BCUT2D eigenvalue weighted by Gasteiger charge is -2.14. The predicted octanol–water partition coefficient (Wildman–Crippen LogP) is 5.20. The molecule has 35 heavy (non-hydrogen) atoms. The first-order chi connectivity index (χ1) is 16.8. The van der Waals surface area contributed by atoms with Gasteiger partial charge in [-0.05, 0) is 30.8 Å². The van der Waals surface area contributed by atoms with Gasteiger partial charge in [-0.2, -0.15) is 0 Å². The monoisotopic (exact) mass is 490 g/mol. The molecule has 3 aromatic carbocycles. The lowest BCUT2D eigenvalue weighted by atomic mass is 10.0. The number of benzene rings is 3. The number of nitrogens with one attached hydrogen (secondary N) is 3. The first-order valence-corrected chi connectivity index (χ1v) is 12.8. The van der Waals surface area contributed by atoms with Crippen molar-refractivity contribution in [3.8, 4) is 22.9 Å². The molecule has 0 aliphatic carbocycles. The van der Waals surface area contributed by atoms with Gasteiger partial charge in [0.15, 0.2) is 21.4 Å². The minimum absolute atomic E-state index is 0.0728. The summed E-state index contributed by atoms with van der Waals surface area (Å²) in [5.41, 5.74) is 3.06. The highest BCUT2D eigenvalue weighted by Gasteiger charge is 2.24. The average molecular weight is 491 g/mol. The van der Waals surface area contributed by atoms with Crippen LogP contribution in [0.2, 0.25) is 0 Å². The summed E-state index contributed by atoms with van der Waals surface area (Å²) in [6.07, 6.45) is 4.36. The number of hydrogen-bond acceptors (Lipinski definition) is 5. The fourth-order valence-electron chi connectivity index (χ4n) is 4.19. The molecule has 0 radical (unpaired) electrons. The Kier molecular flexibility index (Phi) is 5.88. The first kappa shape index (κ1) is 22.8. The zero-order valence-electron chi connectivity index (χ0n) is 19.0. The maximum absolute atomic E-state index is 15.0. The van der Waals surface area contributed by atoms with Gasteiger partial charge in [-0.25, -0.2) is 17.8 Å². The fourth-order valence-corrected chi connectivity index (χ4v) is 5.24. The topological polar surface area (TPSA) is 99.9 Å². The normalized spacial score (nSPS) is 12.7. The van der Waals surface area contributed by atoms with Gasteiger partial charge >= 0.3 is 0 Å². The van der Waals surface area contributed by atoms with Crippen LogP contribution >= 0.6 is 0 Å². The van der Waals surface area contributed by atoms with Crippen LogP contribution in [0.4, 0.5) is 4.39 Å². The molecule has 5 aromatic rings. The zero-order valence-corrected chi connectivity index (χ0v) is 19.9. The maximum atomic E-state index is 15.0. The standard InChI is InChI=1S/C26H23FN4O3S/c1-28-23(16-7-4-3-5-8-16)22-15-30-26(31-22)17-9-6-10-18(13-17)34-24-20(27)14-21-19(11-12-29-21)25(24)35(2,32)33/h3-15,23,28-29H,1-2H3,(H,30,31). The molecule has 2 aromatic heterocycles. The number of aromatic nitrogens is 3.